The fourth-order valence-corrected chi connectivity index (χ4v) is 1.96. The Hall–Kier alpha value is 0.310. The smallest absolute Gasteiger partial charge is 0.000772 e. The van der Waals surface area contributed by atoms with Crippen LogP contribution in [-0.4, -0.2) is 25.1 Å². The summed E-state index contributed by atoms with van der Waals surface area (Å²) in [5, 5.41) is 3.56. The highest BCUT2D eigenvalue weighted by Crippen LogP contribution is 2.47. The van der Waals surface area contributed by atoms with Gasteiger partial charge in [0.05, 0.1) is 0 Å². The van der Waals surface area contributed by atoms with Gasteiger partial charge in [-0.05, 0) is 49.7 Å². The van der Waals surface area contributed by atoms with E-state index in [2.05, 4.69) is 18.5 Å². The maximum Gasteiger partial charge on any atom is 0.000772 e. The fourth-order valence-electron chi connectivity index (χ4n) is 1.53. The number of hydrogen-bond donors (Lipinski definition) is 1. The third-order valence-electron chi connectivity index (χ3n) is 2.91. The molecule has 0 spiro atoms. The van der Waals surface area contributed by atoms with Gasteiger partial charge in [0.2, 0.25) is 0 Å². The Morgan fingerprint density at radius 1 is 1.42 bits per heavy atom. The van der Waals surface area contributed by atoms with E-state index in [0.29, 0.717) is 0 Å². The summed E-state index contributed by atoms with van der Waals surface area (Å²) < 4.78 is 0. The molecule has 0 unspecified atom stereocenters. The van der Waals surface area contributed by atoms with Crippen LogP contribution in [0.5, 0.6) is 0 Å². The van der Waals surface area contributed by atoms with Crippen molar-refractivity contribution in [3.05, 3.63) is 0 Å². The fraction of sp³-hybridized carbons (Fsp3) is 1.00. The number of thioether (sulfide) groups is 1. The van der Waals surface area contributed by atoms with E-state index in [1.54, 1.807) is 0 Å². The minimum absolute atomic E-state index is 0.722. The van der Waals surface area contributed by atoms with Crippen molar-refractivity contribution < 1.29 is 0 Å². The topological polar surface area (TPSA) is 12.0 Å². The van der Waals surface area contributed by atoms with Gasteiger partial charge in [-0.2, -0.15) is 11.8 Å². The number of rotatable bonds is 7. The first-order chi connectivity index (χ1) is 5.83. The molecule has 0 bridgehead atoms. The quantitative estimate of drug-likeness (QED) is 0.615. The molecule has 0 radical (unpaired) electrons. The van der Waals surface area contributed by atoms with E-state index in [-0.39, 0.29) is 0 Å². The summed E-state index contributed by atoms with van der Waals surface area (Å²) in [6, 6.07) is 0. The summed E-state index contributed by atoms with van der Waals surface area (Å²) in [5.41, 5.74) is 0.722. The summed E-state index contributed by atoms with van der Waals surface area (Å²) in [6.07, 6.45) is 7.77. The maximum atomic E-state index is 3.56. The SMILES string of the molecule is CCC1(CNCCCSC)CC1. The minimum atomic E-state index is 0.722. The van der Waals surface area contributed by atoms with Crippen LogP contribution >= 0.6 is 11.8 Å². The normalized spacial score (nSPS) is 19.5. The van der Waals surface area contributed by atoms with Gasteiger partial charge in [0.25, 0.3) is 0 Å². The van der Waals surface area contributed by atoms with E-state index in [0.717, 1.165) is 5.41 Å². The average Bonchev–Trinajstić information content (AvgIpc) is 2.85. The molecule has 1 aliphatic rings. The van der Waals surface area contributed by atoms with Crippen molar-refractivity contribution in [1.82, 2.24) is 5.32 Å². The van der Waals surface area contributed by atoms with Gasteiger partial charge >= 0.3 is 0 Å². The molecule has 0 amide bonds. The molecule has 1 N–H and O–H groups in total. The largest absolute Gasteiger partial charge is 0.316 e. The molecular weight excluding hydrogens is 166 g/mol. The van der Waals surface area contributed by atoms with Gasteiger partial charge in [0.15, 0.2) is 0 Å². The highest BCUT2D eigenvalue weighted by molar-refractivity contribution is 7.98. The molecule has 2 heteroatoms. The molecule has 72 valence electrons. The molecule has 0 aromatic heterocycles. The Bertz CT molecular complexity index is 121. The van der Waals surface area contributed by atoms with Crippen molar-refractivity contribution in [2.45, 2.75) is 32.6 Å². The van der Waals surface area contributed by atoms with Crippen molar-refractivity contribution in [2.75, 3.05) is 25.1 Å². The molecule has 0 atom stereocenters. The van der Waals surface area contributed by atoms with Gasteiger partial charge in [-0.3, -0.25) is 0 Å². The van der Waals surface area contributed by atoms with E-state index < -0.39 is 0 Å². The van der Waals surface area contributed by atoms with E-state index in [1.807, 2.05) is 11.8 Å². The number of hydrogen-bond acceptors (Lipinski definition) is 2. The average molecular weight is 187 g/mol. The van der Waals surface area contributed by atoms with Crippen LogP contribution in [0.25, 0.3) is 0 Å². The van der Waals surface area contributed by atoms with Crippen molar-refractivity contribution in [3.8, 4) is 0 Å². The first-order valence-corrected chi connectivity index (χ1v) is 6.42. The van der Waals surface area contributed by atoms with Crippen LogP contribution in [0.4, 0.5) is 0 Å². The van der Waals surface area contributed by atoms with Crippen LogP contribution < -0.4 is 5.32 Å². The van der Waals surface area contributed by atoms with Gasteiger partial charge in [0, 0.05) is 6.54 Å². The Morgan fingerprint density at radius 3 is 2.67 bits per heavy atom. The standard InChI is InChI=1S/C10H21NS/c1-3-10(5-6-10)9-11-7-4-8-12-2/h11H,3-9H2,1-2H3. The first kappa shape index (κ1) is 10.4. The van der Waals surface area contributed by atoms with E-state index >= 15 is 0 Å². The zero-order valence-corrected chi connectivity index (χ0v) is 9.17. The predicted molar refractivity (Wildman–Crippen MR) is 57.8 cm³/mol. The third-order valence-corrected chi connectivity index (χ3v) is 3.61. The van der Waals surface area contributed by atoms with Crippen LogP contribution in [-0.2, 0) is 0 Å². The molecule has 1 rings (SSSR count). The van der Waals surface area contributed by atoms with Gasteiger partial charge in [0.1, 0.15) is 0 Å². The number of nitrogens with one attached hydrogen (secondary N) is 1. The van der Waals surface area contributed by atoms with Crippen molar-refractivity contribution in [2.24, 2.45) is 5.41 Å². The van der Waals surface area contributed by atoms with Crippen molar-refractivity contribution >= 4 is 11.8 Å². The maximum absolute atomic E-state index is 3.56. The Kier molecular flexibility index (Phi) is 4.44. The Morgan fingerprint density at radius 2 is 2.17 bits per heavy atom. The monoisotopic (exact) mass is 187 g/mol. The van der Waals surface area contributed by atoms with E-state index in [1.165, 1.54) is 44.5 Å². The third kappa shape index (κ3) is 3.36. The van der Waals surface area contributed by atoms with Crippen LogP contribution in [0.1, 0.15) is 32.6 Å². The summed E-state index contributed by atoms with van der Waals surface area (Å²) in [6.45, 7) is 4.79. The van der Waals surface area contributed by atoms with Crippen molar-refractivity contribution in [1.29, 1.82) is 0 Å². The lowest BCUT2D eigenvalue weighted by Crippen LogP contribution is -2.24. The highest BCUT2D eigenvalue weighted by Gasteiger charge is 2.39. The van der Waals surface area contributed by atoms with Crippen LogP contribution in [0.2, 0.25) is 0 Å². The second-order valence-electron chi connectivity index (χ2n) is 3.88. The van der Waals surface area contributed by atoms with Crippen LogP contribution in [0, 0.1) is 5.41 Å². The van der Waals surface area contributed by atoms with Crippen LogP contribution in [0.3, 0.4) is 0 Å². The molecule has 1 aliphatic carbocycles. The second kappa shape index (κ2) is 5.13. The Balaban J connectivity index is 1.89. The molecule has 12 heavy (non-hydrogen) atoms. The van der Waals surface area contributed by atoms with Gasteiger partial charge in [-0.25, -0.2) is 0 Å². The molecule has 0 aromatic carbocycles. The van der Waals surface area contributed by atoms with Gasteiger partial charge in [-0.1, -0.05) is 6.92 Å². The Labute approximate surface area is 80.7 Å². The molecule has 1 fully saturated rings. The van der Waals surface area contributed by atoms with Gasteiger partial charge < -0.3 is 5.32 Å². The van der Waals surface area contributed by atoms with E-state index in [4.69, 9.17) is 0 Å². The lowest BCUT2D eigenvalue weighted by Gasteiger charge is -2.12. The molecule has 0 heterocycles. The zero-order chi connectivity index (χ0) is 8.86. The second-order valence-corrected chi connectivity index (χ2v) is 4.86. The summed E-state index contributed by atoms with van der Waals surface area (Å²) in [4.78, 5) is 0. The summed E-state index contributed by atoms with van der Waals surface area (Å²) >= 11 is 1.94. The minimum Gasteiger partial charge on any atom is -0.316 e. The first-order valence-electron chi connectivity index (χ1n) is 5.03. The predicted octanol–water partition coefficient (Wildman–Crippen LogP) is 2.52. The summed E-state index contributed by atoms with van der Waals surface area (Å²) in [7, 11) is 0. The van der Waals surface area contributed by atoms with Crippen LogP contribution in [0.15, 0.2) is 0 Å². The lowest BCUT2D eigenvalue weighted by molar-refractivity contribution is 0.445. The van der Waals surface area contributed by atoms with Gasteiger partial charge in [-0.15, -0.1) is 0 Å². The molecule has 0 saturated heterocycles. The summed E-state index contributed by atoms with van der Waals surface area (Å²) in [5.74, 6) is 1.30. The molecule has 1 nitrogen and oxygen atoms in total. The van der Waals surface area contributed by atoms with E-state index in [9.17, 15) is 0 Å². The molecule has 0 aliphatic heterocycles. The lowest BCUT2D eigenvalue weighted by atomic mass is 10.0. The molecule has 1 saturated carbocycles. The molecule has 0 aromatic rings. The highest BCUT2D eigenvalue weighted by atomic mass is 32.2. The van der Waals surface area contributed by atoms with Crippen molar-refractivity contribution in [3.63, 3.8) is 0 Å². The zero-order valence-electron chi connectivity index (χ0n) is 8.36. The molecular formula is C10H21NS.